The number of rotatable bonds is 10. The zero-order chi connectivity index (χ0) is 26.2. The predicted octanol–water partition coefficient (Wildman–Crippen LogP) is 6.60. The molecule has 0 unspecified atom stereocenters. The Kier molecular flexibility index (Phi) is 8.67. The van der Waals surface area contributed by atoms with Crippen LogP contribution in [-0.4, -0.2) is 36.8 Å². The van der Waals surface area contributed by atoms with Crippen LogP contribution in [0.1, 0.15) is 47.0 Å². The van der Waals surface area contributed by atoms with Gasteiger partial charge in [-0.2, -0.15) is 5.10 Å². The van der Waals surface area contributed by atoms with Gasteiger partial charge in [-0.3, -0.25) is 4.79 Å². The standard InChI is InChI=1S/C29H30N4O3S2/c1-2-35-23-12-14-24(15-13-23)36-20-21-8-10-22(11-9-21)28(34)32-30-19-26-27(25-7-6-18-37-25)31-29(38-26)33-16-4-3-5-17-33/h6-15,18-19H,2-5,16-17,20H2,1H3,(H,32,34)/b30-19+. The number of anilines is 1. The number of hydrazone groups is 1. The second-order valence-electron chi connectivity index (χ2n) is 8.82. The van der Waals surface area contributed by atoms with Crippen molar-refractivity contribution in [2.45, 2.75) is 32.8 Å². The van der Waals surface area contributed by atoms with E-state index in [1.807, 2.05) is 54.8 Å². The Bertz CT molecular complexity index is 1340. The molecule has 9 heteroatoms. The number of amides is 1. The molecule has 1 saturated heterocycles. The van der Waals surface area contributed by atoms with Gasteiger partial charge in [0.25, 0.3) is 5.91 Å². The number of nitrogens with one attached hydrogen (secondary N) is 1. The van der Waals surface area contributed by atoms with Crippen LogP contribution in [-0.2, 0) is 6.61 Å². The molecule has 0 atom stereocenters. The largest absolute Gasteiger partial charge is 0.494 e. The third-order valence-corrected chi connectivity index (χ3v) is 8.05. The van der Waals surface area contributed by atoms with E-state index in [1.165, 1.54) is 19.3 Å². The summed E-state index contributed by atoms with van der Waals surface area (Å²) in [5, 5.41) is 7.33. The minimum absolute atomic E-state index is 0.265. The summed E-state index contributed by atoms with van der Waals surface area (Å²) < 4.78 is 11.3. The van der Waals surface area contributed by atoms with E-state index < -0.39 is 0 Å². The lowest BCUT2D eigenvalue weighted by Crippen LogP contribution is -2.29. The van der Waals surface area contributed by atoms with Crippen LogP contribution >= 0.6 is 22.7 Å². The molecule has 0 spiro atoms. The number of hydrogen-bond donors (Lipinski definition) is 1. The van der Waals surface area contributed by atoms with Gasteiger partial charge in [0.1, 0.15) is 23.8 Å². The zero-order valence-corrected chi connectivity index (χ0v) is 22.9. The van der Waals surface area contributed by atoms with Crippen molar-refractivity contribution in [3.8, 4) is 22.1 Å². The van der Waals surface area contributed by atoms with Crippen LogP contribution in [0.2, 0.25) is 0 Å². The number of thiazole rings is 1. The molecule has 1 N–H and O–H groups in total. The van der Waals surface area contributed by atoms with Crippen LogP contribution < -0.4 is 19.8 Å². The Morgan fingerprint density at radius 3 is 2.45 bits per heavy atom. The minimum atomic E-state index is -0.265. The summed E-state index contributed by atoms with van der Waals surface area (Å²) in [4.78, 5) is 22.0. The second-order valence-corrected chi connectivity index (χ2v) is 10.8. The predicted molar refractivity (Wildman–Crippen MR) is 155 cm³/mol. The first kappa shape index (κ1) is 25.9. The van der Waals surface area contributed by atoms with Gasteiger partial charge >= 0.3 is 0 Å². The molecular formula is C29H30N4O3S2. The highest BCUT2D eigenvalue weighted by Crippen LogP contribution is 2.35. The maximum Gasteiger partial charge on any atom is 0.271 e. The van der Waals surface area contributed by atoms with Gasteiger partial charge in [0.2, 0.25) is 0 Å². The maximum absolute atomic E-state index is 12.7. The van der Waals surface area contributed by atoms with Crippen molar-refractivity contribution < 1.29 is 14.3 Å². The fourth-order valence-electron chi connectivity index (χ4n) is 4.15. The van der Waals surface area contributed by atoms with E-state index in [0.717, 1.165) is 50.7 Å². The number of benzene rings is 2. The number of hydrogen-bond acceptors (Lipinski definition) is 8. The lowest BCUT2D eigenvalue weighted by atomic mass is 10.1. The van der Waals surface area contributed by atoms with Crippen molar-refractivity contribution in [1.29, 1.82) is 0 Å². The topological polar surface area (TPSA) is 76.1 Å². The smallest absolute Gasteiger partial charge is 0.271 e. The van der Waals surface area contributed by atoms with E-state index >= 15 is 0 Å². The van der Waals surface area contributed by atoms with Crippen molar-refractivity contribution in [3.63, 3.8) is 0 Å². The Balaban J connectivity index is 1.19. The number of thiophene rings is 1. The van der Waals surface area contributed by atoms with Crippen molar-refractivity contribution in [3.05, 3.63) is 82.0 Å². The molecule has 1 fully saturated rings. The summed E-state index contributed by atoms with van der Waals surface area (Å²) in [5.74, 6) is 1.31. The highest BCUT2D eigenvalue weighted by Gasteiger charge is 2.19. The van der Waals surface area contributed by atoms with E-state index in [2.05, 4.69) is 21.5 Å². The number of carbonyl (C=O) groups is 1. The van der Waals surface area contributed by atoms with E-state index in [4.69, 9.17) is 14.5 Å². The molecule has 0 bridgehead atoms. The highest BCUT2D eigenvalue weighted by atomic mass is 32.1. The summed E-state index contributed by atoms with van der Waals surface area (Å²) in [6, 6.07) is 19.0. The summed E-state index contributed by atoms with van der Waals surface area (Å²) in [5.41, 5.74) is 5.07. The molecule has 0 aliphatic carbocycles. The van der Waals surface area contributed by atoms with E-state index in [-0.39, 0.29) is 5.91 Å². The lowest BCUT2D eigenvalue weighted by Gasteiger charge is -2.25. The molecule has 7 nitrogen and oxygen atoms in total. The Morgan fingerprint density at radius 2 is 1.76 bits per heavy atom. The molecule has 4 aromatic rings. The summed E-state index contributed by atoms with van der Waals surface area (Å²) in [6.45, 7) is 5.06. The third kappa shape index (κ3) is 6.59. The number of carbonyl (C=O) groups excluding carboxylic acids is 1. The van der Waals surface area contributed by atoms with Crippen LogP contribution in [0.5, 0.6) is 11.5 Å². The van der Waals surface area contributed by atoms with Crippen molar-refractivity contribution >= 4 is 39.9 Å². The summed E-state index contributed by atoms with van der Waals surface area (Å²) >= 11 is 3.27. The Hall–Kier alpha value is -3.69. The van der Waals surface area contributed by atoms with Crippen molar-refractivity contribution in [2.75, 3.05) is 24.6 Å². The first-order valence-electron chi connectivity index (χ1n) is 12.8. The molecule has 1 amide bonds. The molecule has 0 radical (unpaired) electrons. The van der Waals surface area contributed by atoms with Crippen molar-refractivity contribution in [1.82, 2.24) is 10.4 Å². The fourth-order valence-corrected chi connectivity index (χ4v) is 5.95. The van der Waals surface area contributed by atoms with Gasteiger partial charge in [-0.1, -0.05) is 29.5 Å². The molecule has 2 aromatic heterocycles. The van der Waals surface area contributed by atoms with Gasteiger partial charge in [0, 0.05) is 18.7 Å². The molecule has 3 heterocycles. The van der Waals surface area contributed by atoms with Crippen LogP contribution in [0, 0.1) is 0 Å². The second kappa shape index (κ2) is 12.7. The van der Waals surface area contributed by atoms with Crippen molar-refractivity contribution in [2.24, 2.45) is 5.10 Å². The van der Waals surface area contributed by atoms with Gasteiger partial charge in [0.15, 0.2) is 5.13 Å². The third-order valence-electron chi connectivity index (χ3n) is 6.13. The molecule has 5 rings (SSSR count). The van der Waals surface area contributed by atoms with E-state index in [9.17, 15) is 4.79 Å². The number of aromatic nitrogens is 1. The van der Waals surface area contributed by atoms with Crippen LogP contribution in [0.15, 0.2) is 71.1 Å². The molecule has 1 aliphatic rings. The van der Waals surface area contributed by atoms with Gasteiger partial charge in [-0.05, 0) is 79.6 Å². The SMILES string of the molecule is CCOc1ccc(OCc2ccc(C(=O)N/N=C/c3sc(N4CCCCC4)nc3-c3cccs3)cc2)cc1. The Labute approximate surface area is 230 Å². The summed E-state index contributed by atoms with van der Waals surface area (Å²) in [6.07, 6.45) is 5.37. The molecule has 0 saturated carbocycles. The van der Waals surface area contributed by atoms with E-state index in [1.54, 1.807) is 41.0 Å². The normalized spacial score (nSPS) is 13.6. The molecule has 1 aliphatic heterocycles. The van der Waals surface area contributed by atoms with Gasteiger partial charge in [-0.15, -0.1) is 11.3 Å². The van der Waals surface area contributed by atoms with Gasteiger partial charge in [0.05, 0.1) is 22.6 Å². The number of piperidine rings is 1. The fraction of sp³-hybridized carbons (Fsp3) is 0.276. The monoisotopic (exact) mass is 546 g/mol. The minimum Gasteiger partial charge on any atom is -0.494 e. The lowest BCUT2D eigenvalue weighted by molar-refractivity contribution is 0.0955. The van der Waals surface area contributed by atoms with Crippen LogP contribution in [0.25, 0.3) is 10.6 Å². The van der Waals surface area contributed by atoms with Crippen LogP contribution in [0.3, 0.4) is 0 Å². The maximum atomic E-state index is 12.7. The van der Waals surface area contributed by atoms with Crippen LogP contribution in [0.4, 0.5) is 5.13 Å². The molecular weight excluding hydrogens is 516 g/mol. The number of ether oxygens (including phenoxy) is 2. The number of nitrogens with zero attached hydrogens (tertiary/aromatic N) is 3. The zero-order valence-electron chi connectivity index (χ0n) is 21.3. The average molecular weight is 547 g/mol. The molecule has 38 heavy (non-hydrogen) atoms. The Morgan fingerprint density at radius 1 is 1.03 bits per heavy atom. The van der Waals surface area contributed by atoms with Gasteiger partial charge in [-0.25, -0.2) is 10.4 Å². The average Bonchev–Trinajstić information content (AvgIpc) is 3.64. The van der Waals surface area contributed by atoms with Gasteiger partial charge < -0.3 is 14.4 Å². The first-order valence-corrected chi connectivity index (χ1v) is 14.5. The van der Waals surface area contributed by atoms with E-state index in [0.29, 0.717) is 18.8 Å². The quantitative estimate of drug-likeness (QED) is 0.179. The highest BCUT2D eigenvalue weighted by molar-refractivity contribution is 7.18. The first-order chi connectivity index (χ1) is 18.7. The summed E-state index contributed by atoms with van der Waals surface area (Å²) in [7, 11) is 0. The molecule has 196 valence electrons. The molecule has 2 aromatic carbocycles.